The number of likely N-dealkylation sites (N-methyl/N-ethyl adjacent to an activating group) is 1. The highest BCUT2D eigenvalue weighted by Gasteiger charge is 2.13. The minimum absolute atomic E-state index is 0.937. The molecule has 1 aromatic heterocycles. The van der Waals surface area contributed by atoms with Crippen LogP contribution in [0.2, 0.25) is 0 Å². The van der Waals surface area contributed by atoms with Crippen molar-refractivity contribution < 1.29 is 4.57 Å². The van der Waals surface area contributed by atoms with Gasteiger partial charge in [0.1, 0.15) is 7.05 Å². The zero-order valence-electron chi connectivity index (χ0n) is 28.4. The van der Waals surface area contributed by atoms with Crippen molar-refractivity contribution in [2.75, 3.05) is 67.0 Å². The molecule has 0 unspecified atom stereocenters. The molecule has 0 aliphatic carbocycles. The summed E-state index contributed by atoms with van der Waals surface area (Å²) in [5, 5.41) is 1.27. The second-order valence-corrected chi connectivity index (χ2v) is 15.0. The fourth-order valence-corrected chi connectivity index (χ4v) is 8.05. The van der Waals surface area contributed by atoms with E-state index in [4.69, 9.17) is 0 Å². The van der Waals surface area contributed by atoms with E-state index in [1.807, 2.05) is 21.6 Å². The van der Waals surface area contributed by atoms with Crippen LogP contribution < -0.4 is 19.3 Å². The summed E-state index contributed by atoms with van der Waals surface area (Å²) in [6.45, 7) is 2.97. The molecule has 6 rings (SSSR count). The Kier molecular flexibility index (Phi) is 11.3. The monoisotopic (exact) mass is 669 g/mol. The van der Waals surface area contributed by atoms with Gasteiger partial charge in [0.25, 0.3) is 0 Å². The molecule has 4 aromatic carbocycles. The molecule has 244 valence electrons. The van der Waals surface area contributed by atoms with Gasteiger partial charge in [-0.25, -0.2) is 4.57 Å². The van der Waals surface area contributed by atoms with Crippen LogP contribution in [-0.4, -0.2) is 52.3 Å². The maximum atomic E-state index is 2.35. The average molecular weight is 670 g/mol. The Balaban J connectivity index is 0.904. The fraction of sp³-hybridized carbons (Fsp3) is 0.214. The van der Waals surface area contributed by atoms with Crippen molar-refractivity contribution in [3.8, 4) is 0 Å². The number of hydrogen-bond donors (Lipinski definition) is 0. The predicted molar refractivity (Wildman–Crippen MR) is 215 cm³/mol. The first-order chi connectivity index (χ1) is 23.5. The molecule has 0 spiro atoms. The predicted octanol–water partition coefficient (Wildman–Crippen LogP) is 9.34. The molecule has 0 fully saturated rings. The largest absolute Gasteiger partial charge is 0.374 e. The van der Waals surface area contributed by atoms with Crippen LogP contribution >= 0.6 is 21.6 Å². The van der Waals surface area contributed by atoms with Crippen molar-refractivity contribution in [3.63, 3.8) is 0 Å². The Morgan fingerprint density at radius 3 is 1.94 bits per heavy atom. The number of aromatic nitrogens is 1. The van der Waals surface area contributed by atoms with Crippen molar-refractivity contribution >= 4 is 73.4 Å². The number of benzene rings is 4. The van der Waals surface area contributed by atoms with E-state index < -0.39 is 0 Å². The second kappa shape index (κ2) is 16.1. The lowest BCUT2D eigenvalue weighted by Gasteiger charge is -2.26. The molecule has 4 nitrogen and oxygen atoms in total. The van der Waals surface area contributed by atoms with Gasteiger partial charge in [0.15, 0.2) is 6.20 Å². The number of para-hydroxylation sites is 2. The Hall–Kier alpha value is -4.39. The highest BCUT2D eigenvalue weighted by molar-refractivity contribution is 8.76. The minimum atomic E-state index is 0.937. The Labute approximate surface area is 294 Å². The number of rotatable bonds is 13. The lowest BCUT2D eigenvalue weighted by atomic mass is 9.98. The summed E-state index contributed by atoms with van der Waals surface area (Å²) >= 11 is 0. The smallest absolute Gasteiger partial charge is 0.212 e. The van der Waals surface area contributed by atoms with Crippen LogP contribution in [0.3, 0.4) is 0 Å². The van der Waals surface area contributed by atoms with Gasteiger partial charge >= 0.3 is 0 Å². The number of anilines is 3. The van der Waals surface area contributed by atoms with E-state index in [-0.39, 0.29) is 0 Å². The highest BCUT2D eigenvalue weighted by atomic mass is 33.1. The van der Waals surface area contributed by atoms with Crippen LogP contribution in [0.25, 0.3) is 34.7 Å². The standard InChI is InChI=1S/C42H45N4S2/c1-43(37-21-15-33(16-22-37)13-19-35-25-27-45(3)41-11-7-5-9-39(35)41)29-31-47-48-32-30-44(2)38-23-17-34(18-24-38)14-20-36-26-28-46(4)42-12-8-6-10-40(36)42/h5-27H,28-32H2,1-4H3/q+1/b20-14+. The lowest BCUT2D eigenvalue weighted by molar-refractivity contribution is -0.644. The molecule has 0 N–H and O–H groups in total. The van der Waals surface area contributed by atoms with Crippen LogP contribution in [-0.2, 0) is 7.05 Å². The molecule has 2 heterocycles. The molecule has 0 atom stereocenters. The molecule has 48 heavy (non-hydrogen) atoms. The summed E-state index contributed by atoms with van der Waals surface area (Å²) in [6, 6.07) is 37.1. The second-order valence-electron chi connectivity index (χ2n) is 12.3. The van der Waals surface area contributed by atoms with Gasteiger partial charge in [-0.1, -0.05) is 107 Å². The summed E-state index contributed by atoms with van der Waals surface area (Å²) in [4.78, 5) is 6.98. The molecule has 0 saturated carbocycles. The summed E-state index contributed by atoms with van der Waals surface area (Å²) in [5.41, 5.74) is 11.3. The van der Waals surface area contributed by atoms with E-state index >= 15 is 0 Å². The number of aryl methyl sites for hydroxylation is 1. The molecule has 0 bridgehead atoms. The molecule has 1 aliphatic rings. The third-order valence-electron chi connectivity index (χ3n) is 8.97. The van der Waals surface area contributed by atoms with Gasteiger partial charge in [0, 0.05) is 87.0 Å². The normalized spacial score (nSPS) is 12.9. The first kappa shape index (κ1) is 33.5. The summed E-state index contributed by atoms with van der Waals surface area (Å²) in [7, 11) is 12.5. The minimum Gasteiger partial charge on any atom is -0.374 e. The Morgan fingerprint density at radius 1 is 0.688 bits per heavy atom. The van der Waals surface area contributed by atoms with Gasteiger partial charge in [0.2, 0.25) is 5.52 Å². The van der Waals surface area contributed by atoms with E-state index in [1.165, 1.54) is 55.8 Å². The van der Waals surface area contributed by atoms with E-state index in [0.717, 1.165) is 31.1 Å². The van der Waals surface area contributed by atoms with Gasteiger partial charge in [0.05, 0.1) is 5.39 Å². The number of nitrogens with zero attached hydrogens (tertiary/aromatic N) is 4. The average Bonchev–Trinajstić information content (AvgIpc) is 3.13. The van der Waals surface area contributed by atoms with E-state index in [9.17, 15) is 0 Å². The van der Waals surface area contributed by atoms with Gasteiger partial charge in [-0.3, -0.25) is 0 Å². The highest BCUT2D eigenvalue weighted by Crippen LogP contribution is 2.31. The zero-order valence-corrected chi connectivity index (χ0v) is 30.1. The van der Waals surface area contributed by atoms with Gasteiger partial charge in [-0.15, -0.1) is 0 Å². The zero-order chi connectivity index (χ0) is 33.3. The molecule has 0 radical (unpaired) electrons. The summed E-state index contributed by atoms with van der Waals surface area (Å²) in [6.07, 6.45) is 13.3. The molecular weight excluding hydrogens is 625 g/mol. The van der Waals surface area contributed by atoms with Crippen molar-refractivity contribution in [3.05, 3.63) is 144 Å². The van der Waals surface area contributed by atoms with Crippen molar-refractivity contribution in [2.24, 2.45) is 7.05 Å². The van der Waals surface area contributed by atoms with E-state index in [2.05, 4.69) is 187 Å². The molecule has 0 saturated heterocycles. The van der Waals surface area contributed by atoms with Crippen molar-refractivity contribution in [1.82, 2.24) is 0 Å². The topological polar surface area (TPSA) is 13.6 Å². The number of allylic oxidation sites excluding steroid dienone is 2. The molecule has 5 aromatic rings. The Morgan fingerprint density at radius 2 is 1.27 bits per heavy atom. The van der Waals surface area contributed by atoms with Crippen LogP contribution in [0.1, 0.15) is 22.3 Å². The lowest BCUT2D eigenvalue weighted by Crippen LogP contribution is -2.28. The number of hydrogen-bond acceptors (Lipinski definition) is 5. The molecular formula is C42H45N4S2+. The third kappa shape index (κ3) is 8.36. The van der Waals surface area contributed by atoms with Crippen molar-refractivity contribution in [2.45, 2.75) is 0 Å². The number of fused-ring (bicyclic) bond motifs is 2. The quantitative estimate of drug-likeness (QED) is 0.0702. The maximum absolute atomic E-state index is 2.35. The van der Waals surface area contributed by atoms with Crippen LogP contribution in [0.4, 0.5) is 17.1 Å². The first-order valence-electron chi connectivity index (χ1n) is 16.6. The summed E-state index contributed by atoms with van der Waals surface area (Å²) < 4.78 is 2.17. The summed E-state index contributed by atoms with van der Waals surface area (Å²) in [5.74, 6) is 2.17. The van der Waals surface area contributed by atoms with Gasteiger partial charge < -0.3 is 14.7 Å². The molecule has 1 aliphatic heterocycles. The maximum Gasteiger partial charge on any atom is 0.212 e. The van der Waals surface area contributed by atoms with Gasteiger partial charge in [-0.05, 0) is 58.7 Å². The van der Waals surface area contributed by atoms with E-state index in [1.54, 1.807) is 0 Å². The third-order valence-corrected chi connectivity index (χ3v) is 11.3. The fourth-order valence-electron chi connectivity index (χ4n) is 5.96. The van der Waals surface area contributed by atoms with Gasteiger partial charge in [-0.2, -0.15) is 0 Å². The Bertz CT molecular complexity index is 1910. The van der Waals surface area contributed by atoms with Crippen LogP contribution in [0, 0.1) is 0 Å². The first-order valence-corrected chi connectivity index (χ1v) is 19.1. The van der Waals surface area contributed by atoms with Crippen LogP contribution in [0.15, 0.2) is 121 Å². The molecule has 0 amide bonds. The van der Waals surface area contributed by atoms with Crippen LogP contribution in [0.5, 0.6) is 0 Å². The van der Waals surface area contributed by atoms with E-state index in [0.29, 0.717) is 0 Å². The SMILES string of the molecule is CN(CCSSCCN(C)c1ccc(/C=C/c2cc[n+](C)c3ccccc23)cc1)c1ccc(/C=C/C2=CCN(C)c3ccccc32)cc1. The number of pyridine rings is 1. The van der Waals surface area contributed by atoms with Crippen molar-refractivity contribution in [1.29, 1.82) is 0 Å². The molecule has 6 heteroatoms.